The van der Waals surface area contributed by atoms with Crippen LogP contribution in [0.5, 0.6) is 0 Å². The molecule has 34 heavy (non-hydrogen) atoms. The summed E-state index contributed by atoms with van der Waals surface area (Å²) in [6, 6.07) is 15.9. The van der Waals surface area contributed by atoms with Gasteiger partial charge in [0.1, 0.15) is 0 Å². The van der Waals surface area contributed by atoms with Gasteiger partial charge in [0.25, 0.3) is 5.91 Å². The smallest absolute Gasteiger partial charge is 0.251 e. The van der Waals surface area contributed by atoms with Crippen LogP contribution >= 0.6 is 15.9 Å². The summed E-state index contributed by atoms with van der Waals surface area (Å²) in [5.74, 6) is -0.0693. The van der Waals surface area contributed by atoms with Crippen molar-refractivity contribution in [3.8, 4) is 6.19 Å². The summed E-state index contributed by atoms with van der Waals surface area (Å²) in [5.41, 5.74) is 5.48. The number of halogens is 1. The van der Waals surface area contributed by atoms with E-state index in [1.54, 1.807) is 0 Å². The summed E-state index contributed by atoms with van der Waals surface area (Å²) in [5, 5.41) is 14.4. The van der Waals surface area contributed by atoms with Crippen molar-refractivity contribution >= 4 is 38.4 Å². The molecule has 1 aromatic heterocycles. The molecule has 0 aliphatic carbocycles. The molecule has 1 N–H and O–H groups in total. The number of benzene rings is 2. The van der Waals surface area contributed by atoms with Crippen molar-refractivity contribution in [1.29, 1.82) is 5.26 Å². The summed E-state index contributed by atoms with van der Waals surface area (Å²) in [6.07, 6.45) is 8.75. The molecule has 5 rings (SSSR count). The molecule has 2 aromatic carbocycles. The maximum Gasteiger partial charge on any atom is 0.251 e. The molecular formula is C28H29BrN4O. The molecule has 6 heteroatoms. The van der Waals surface area contributed by atoms with E-state index in [1.807, 2.05) is 29.2 Å². The maximum absolute atomic E-state index is 12.7. The van der Waals surface area contributed by atoms with E-state index in [9.17, 15) is 10.1 Å². The molecule has 0 radical (unpaired) electrons. The van der Waals surface area contributed by atoms with Crippen LogP contribution in [-0.2, 0) is 6.42 Å². The number of nitrogens with zero attached hydrogens (tertiary/aromatic N) is 3. The molecule has 5 nitrogen and oxygen atoms in total. The quantitative estimate of drug-likeness (QED) is 0.406. The Morgan fingerprint density at radius 3 is 2.74 bits per heavy atom. The summed E-state index contributed by atoms with van der Waals surface area (Å²) in [6.45, 7) is 5.76. The predicted octanol–water partition coefficient (Wildman–Crippen LogP) is 6.27. The van der Waals surface area contributed by atoms with Crippen LogP contribution in [0.1, 0.15) is 60.8 Å². The summed E-state index contributed by atoms with van der Waals surface area (Å²) in [4.78, 5) is 14.7. The minimum Gasteiger partial charge on any atom is -0.352 e. The second-order valence-electron chi connectivity index (χ2n) is 9.40. The zero-order valence-electron chi connectivity index (χ0n) is 19.6. The molecule has 2 atom stereocenters. The van der Waals surface area contributed by atoms with E-state index in [0.717, 1.165) is 30.3 Å². The van der Waals surface area contributed by atoms with Gasteiger partial charge < -0.3 is 14.8 Å². The number of hydrogen-bond acceptors (Lipinski definition) is 3. The van der Waals surface area contributed by atoms with E-state index < -0.39 is 0 Å². The van der Waals surface area contributed by atoms with Crippen LogP contribution in [0.3, 0.4) is 0 Å². The Morgan fingerprint density at radius 1 is 1.24 bits per heavy atom. The van der Waals surface area contributed by atoms with Crippen molar-refractivity contribution in [2.24, 2.45) is 5.41 Å². The molecular weight excluding hydrogens is 488 g/mol. The number of likely N-dealkylation sites (tertiary alicyclic amines) is 1. The molecule has 2 aliphatic heterocycles. The summed E-state index contributed by atoms with van der Waals surface area (Å²) >= 11 is 3.42. The number of amides is 1. The SMILES string of the molecule is CC[C@]12C=C(C)n3c(c(CCNC(=O)c4ccc(Br)cc4)c4ccccc43)[C@H]1N(C#N)CCC2. The number of carbonyl (C=O) groups excluding carboxylic acids is 1. The molecule has 174 valence electrons. The van der Waals surface area contributed by atoms with Gasteiger partial charge in [-0.25, -0.2) is 0 Å². The van der Waals surface area contributed by atoms with Gasteiger partial charge in [-0.2, -0.15) is 5.26 Å². The number of nitriles is 1. The third-order valence-electron chi connectivity index (χ3n) is 7.58. The number of hydrogen-bond donors (Lipinski definition) is 1. The molecule has 0 spiro atoms. The van der Waals surface area contributed by atoms with E-state index in [0.29, 0.717) is 18.5 Å². The van der Waals surface area contributed by atoms with E-state index in [1.165, 1.54) is 27.9 Å². The molecule has 3 heterocycles. The first-order valence-corrected chi connectivity index (χ1v) is 12.8. The zero-order valence-corrected chi connectivity index (χ0v) is 21.2. The van der Waals surface area contributed by atoms with E-state index in [2.05, 4.69) is 76.2 Å². The van der Waals surface area contributed by atoms with E-state index in [4.69, 9.17) is 0 Å². The lowest BCUT2D eigenvalue weighted by atomic mass is 9.67. The predicted molar refractivity (Wildman–Crippen MR) is 139 cm³/mol. The fourth-order valence-electron chi connectivity index (χ4n) is 6.05. The normalized spacial score (nSPS) is 21.4. The van der Waals surface area contributed by atoms with Gasteiger partial charge in [-0.1, -0.05) is 47.1 Å². The number of fused-ring (bicyclic) bond motifs is 5. The molecule has 1 amide bonds. The second kappa shape index (κ2) is 8.96. The Balaban J connectivity index is 1.55. The van der Waals surface area contributed by atoms with Gasteiger partial charge in [-0.05, 0) is 68.5 Å². The molecule has 1 fully saturated rings. The van der Waals surface area contributed by atoms with Crippen LogP contribution in [0.4, 0.5) is 0 Å². The Kier molecular flexibility index (Phi) is 5.99. The fourth-order valence-corrected chi connectivity index (χ4v) is 6.31. The summed E-state index contributed by atoms with van der Waals surface area (Å²) in [7, 11) is 0. The van der Waals surface area contributed by atoms with Crippen molar-refractivity contribution in [1.82, 2.24) is 14.8 Å². The maximum atomic E-state index is 12.7. The highest BCUT2D eigenvalue weighted by Crippen LogP contribution is 2.55. The Hall–Kier alpha value is -3.04. The highest BCUT2D eigenvalue weighted by Gasteiger charge is 2.48. The topological polar surface area (TPSA) is 61.1 Å². The Labute approximate surface area is 209 Å². The lowest BCUT2D eigenvalue weighted by Crippen LogP contribution is -2.46. The fraction of sp³-hybridized carbons (Fsp3) is 0.357. The third-order valence-corrected chi connectivity index (χ3v) is 8.11. The van der Waals surface area contributed by atoms with Crippen molar-refractivity contribution in [3.05, 3.63) is 75.9 Å². The van der Waals surface area contributed by atoms with Crippen molar-refractivity contribution in [2.75, 3.05) is 13.1 Å². The van der Waals surface area contributed by atoms with Crippen LogP contribution in [0.2, 0.25) is 0 Å². The van der Waals surface area contributed by atoms with Gasteiger partial charge in [0.05, 0.1) is 17.3 Å². The standard InChI is InChI=1S/C28H29BrN4O/c1-3-28-14-6-16-32(18-30)26(28)25-23(13-15-31-27(34)20-9-11-21(29)12-10-20)22-7-4-5-8-24(22)33(25)19(2)17-28/h4-5,7-12,17,26H,3,6,13-16H2,1-2H3,(H,31,34)/t26-,28+/m1/s1. The van der Waals surface area contributed by atoms with Gasteiger partial charge in [-0.3, -0.25) is 4.79 Å². The van der Waals surface area contributed by atoms with Crippen LogP contribution < -0.4 is 5.32 Å². The van der Waals surface area contributed by atoms with Crippen molar-refractivity contribution < 1.29 is 4.79 Å². The number of rotatable bonds is 5. The van der Waals surface area contributed by atoms with Crippen LogP contribution in [0.15, 0.2) is 59.1 Å². The monoisotopic (exact) mass is 516 g/mol. The highest BCUT2D eigenvalue weighted by atomic mass is 79.9. The average Bonchev–Trinajstić information content (AvgIpc) is 3.18. The Bertz CT molecular complexity index is 1320. The first-order chi connectivity index (χ1) is 16.5. The molecule has 0 bridgehead atoms. The number of allylic oxidation sites excluding steroid dienone is 1. The first-order valence-electron chi connectivity index (χ1n) is 12.0. The molecule has 0 saturated carbocycles. The lowest BCUT2D eigenvalue weighted by Gasteiger charge is -2.49. The van der Waals surface area contributed by atoms with Crippen molar-refractivity contribution in [3.63, 3.8) is 0 Å². The average molecular weight is 517 g/mol. The minimum atomic E-state index is -0.0693. The second-order valence-corrected chi connectivity index (χ2v) is 10.3. The number of nitrogens with one attached hydrogen (secondary N) is 1. The number of carbonyl (C=O) groups is 1. The lowest BCUT2D eigenvalue weighted by molar-refractivity contribution is 0.0777. The number of piperidine rings is 1. The Morgan fingerprint density at radius 2 is 2.00 bits per heavy atom. The zero-order chi connectivity index (χ0) is 23.9. The number of aromatic nitrogens is 1. The van der Waals surface area contributed by atoms with Gasteiger partial charge in [0.2, 0.25) is 0 Å². The first kappa shape index (κ1) is 22.7. The van der Waals surface area contributed by atoms with Gasteiger partial charge in [-0.15, -0.1) is 0 Å². The largest absolute Gasteiger partial charge is 0.352 e. The molecule has 0 unspecified atom stereocenters. The van der Waals surface area contributed by atoms with Crippen molar-refractivity contribution in [2.45, 2.75) is 45.6 Å². The minimum absolute atomic E-state index is 0.0181. The van der Waals surface area contributed by atoms with E-state index >= 15 is 0 Å². The number of para-hydroxylation sites is 1. The molecule has 3 aromatic rings. The third kappa shape index (κ3) is 3.63. The van der Waals surface area contributed by atoms with Gasteiger partial charge in [0.15, 0.2) is 6.19 Å². The van der Waals surface area contributed by atoms with Gasteiger partial charge >= 0.3 is 0 Å². The van der Waals surface area contributed by atoms with Crippen LogP contribution in [0, 0.1) is 16.9 Å². The van der Waals surface area contributed by atoms with Gasteiger partial charge in [0, 0.05) is 39.6 Å². The highest BCUT2D eigenvalue weighted by molar-refractivity contribution is 9.10. The van der Waals surface area contributed by atoms with Crippen LogP contribution in [-0.4, -0.2) is 28.5 Å². The van der Waals surface area contributed by atoms with E-state index in [-0.39, 0.29) is 17.4 Å². The van der Waals surface area contributed by atoms with Crippen LogP contribution in [0.25, 0.3) is 16.6 Å². The summed E-state index contributed by atoms with van der Waals surface area (Å²) < 4.78 is 3.31. The molecule has 1 saturated heterocycles. The molecule has 2 aliphatic rings.